The van der Waals surface area contributed by atoms with Crippen LogP contribution in [-0.4, -0.2) is 33.5 Å². The maximum absolute atomic E-state index is 11.5. The molecule has 0 heterocycles. The van der Waals surface area contributed by atoms with Crippen molar-refractivity contribution in [2.45, 2.75) is 51.2 Å². The van der Waals surface area contributed by atoms with E-state index in [-0.39, 0.29) is 29.3 Å². The summed E-state index contributed by atoms with van der Waals surface area (Å²) >= 11 is 0. The third-order valence-electron chi connectivity index (χ3n) is 6.54. The number of aliphatic hydroxyl groups is 2. The lowest BCUT2D eigenvalue weighted by atomic mass is 9.54. The number of rotatable bonds is 1. The number of hydrogen-bond donors (Lipinski definition) is 3. The Bertz CT molecular complexity index is 754. The summed E-state index contributed by atoms with van der Waals surface area (Å²) in [5, 5.41) is 31.0. The Kier molecular flexibility index (Phi) is 3.62. The van der Waals surface area contributed by atoms with Crippen molar-refractivity contribution in [1.82, 2.24) is 0 Å². The van der Waals surface area contributed by atoms with Crippen LogP contribution in [0, 0.1) is 17.3 Å². The summed E-state index contributed by atoms with van der Waals surface area (Å²) in [4.78, 5) is 11.5. The fourth-order valence-corrected chi connectivity index (χ4v) is 5.46. The van der Waals surface area contributed by atoms with Gasteiger partial charge in [-0.2, -0.15) is 0 Å². The fraction of sp³-hybridized carbons (Fsp3) is 0.550. The van der Waals surface area contributed by atoms with Gasteiger partial charge in [-0.15, -0.1) is 0 Å². The quantitative estimate of drug-likeness (QED) is 0.682. The Hall–Kier alpha value is -2.01. The molecule has 0 spiro atoms. The molecule has 1 aromatic rings. The molecule has 0 amide bonds. The Balaban J connectivity index is 1.73. The number of allylic oxidation sites excluding steroid dienone is 1. The Morgan fingerprint density at radius 3 is 2.80 bits per heavy atom. The van der Waals surface area contributed by atoms with Gasteiger partial charge >= 0.3 is 5.97 Å². The molecule has 4 rings (SSSR count). The van der Waals surface area contributed by atoms with E-state index in [9.17, 15) is 20.1 Å². The van der Waals surface area contributed by atoms with Gasteiger partial charge in [0.2, 0.25) is 0 Å². The molecule has 1 saturated carbocycles. The first kappa shape index (κ1) is 16.5. The van der Waals surface area contributed by atoms with Crippen LogP contribution >= 0.6 is 0 Å². The van der Waals surface area contributed by atoms with Crippen molar-refractivity contribution in [1.29, 1.82) is 0 Å². The number of fused-ring (bicyclic) bond motifs is 5. The first-order valence-electron chi connectivity index (χ1n) is 8.89. The lowest BCUT2D eigenvalue weighted by Crippen LogP contribution is -2.50. The average Bonchev–Trinajstić information content (AvgIpc) is 2.78. The maximum atomic E-state index is 11.5. The van der Waals surface area contributed by atoms with E-state index in [4.69, 9.17) is 4.74 Å². The van der Waals surface area contributed by atoms with Gasteiger partial charge in [0.15, 0.2) is 6.10 Å². The van der Waals surface area contributed by atoms with Crippen LogP contribution in [0.1, 0.15) is 43.7 Å². The van der Waals surface area contributed by atoms with Gasteiger partial charge in [-0.25, -0.2) is 0 Å². The molecule has 0 bridgehead atoms. The first-order chi connectivity index (χ1) is 11.8. The number of hydrogen-bond acceptors (Lipinski definition) is 5. The molecule has 25 heavy (non-hydrogen) atoms. The van der Waals surface area contributed by atoms with Gasteiger partial charge in [-0.1, -0.05) is 13.0 Å². The van der Waals surface area contributed by atoms with Crippen LogP contribution < -0.4 is 0 Å². The standard InChI is InChI=1S/C20H24O5/c1-10(21)25-19-17(24)9-15-18-14(5-6-20(15,19)2)13-4-3-12(22)7-11(13)8-16(18)23/h3-4,7,9,14-16,18-19,22-24H,5-6,8H2,1-2H3/t14?,15?,16-,18?,19-,20-/m0/s1. The zero-order chi connectivity index (χ0) is 17.9. The fourth-order valence-electron chi connectivity index (χ4n) is 5.46. The van der Waals surface area contributed by atoms with E-state index in [1.54, 1.807) is 18.2 Å². The average molecular weight is 344 g/mol. The van der Waals surface area contributed by atoms with Crippen LogP contribution in [0.2, 0.25) is 0 Å². The number of carbonyl (C=O) groups excluding carboxylic acids is 1. The molecule has 5 heteroatoms. The molecule has 0 saturated heterocycles. The van der Waals surface area contributed by atoms with E-state index in [0.29, 0.717) is 6.42 Å². The highest BCUT2D eigenvalue weighted by molar-refractivity contribution is 5.66. The van der Waals surface area contributed by atoms with Gasteiger partial charge < -0.3 is 20.1 Å². The highest BCUT2D eigenvalue weighted by Gasteiger charge is 2.58. The lowest BCUT2D eigenvalue weighted by molar-refractivity contribution is -0.156. The van der Waals surface area contributed by atoms with Gasteiger partial charge in [-0.05, 0) is 66.4 Å². The summed E-state index contributed by atoms with van der Waals surface area (Å²) < 4.78 is 5.42. The number of phenols is 1. The van der Waals surface area contributed by atoms with Crippen molar-refractivity contribution >= 4 is 5.97 Å². The van der Waals surface area contributed by atoms with E-state index in [1.165, 1.54) is 12.5 Å². The molecule has 3 N–H and O–H groups in total. The normalized spacial score (nSPS) is 39.0. The zero-order valence-electron chi connectivity index (χ0n) is 14.5. The van der Waals surface area contributed by atoms with Gasteiger partial charge in [0.05, 0.1) is 6.10 Å². The number of esters is 1. The Morgan fingerprint density at radius 1 is 1.32 bits per heavy atom. The van der Waals surface area contributed by atoms with Crippen LogP contribution in [0.25, 0.3) is 0 Å². The monoisotopic (exact) mass is 344 g/mol. The van der Waals surface area contributed by atoms with Crippen molar-refractivity contribution in [2.75, 3.05) is 0 Å². The van der Waals surface area contributed by atoms with Crippen molar-refractivity contribution < 1.29 is 24.9 Å². The van der Waals surface area contributed by atoms with Gasteiger partial charge in [0.1, 0.15) is 11.5 Å². The largest absolute Gasteiger partial charge is 0.509 e. The van der Waals surface area contributed by atoms with Crippen molar-refractivity contribution in [3.8, 4) is 5.75 Å². The second-order valence-electron chi connectivity index (χ2n) is 7.99. The van der Waals surface area contributed by atoms with Gasteiger partial charge in [0, 0.05) is 12.3 Å². The smallest absolute Gasteiger partial charge is 0.303 e. The number of ether oxygens (including phenoxy) is 1. The Labute approximate surface area is 146 Å². The summed E-state index contributed by atoms with van der Waals surface area (Å²) in [6.07, 6.45) is 2.74. The van der Waals surface area contributed by atoms with Crippen molar-refractivity contribution in [3.05, 3.63) is 41.2 Å². The topological polar surface area (TPSA) is 87.0 Å². The van der Waals surface area contributed by atoms with Crippen LogP contribution in [-0.2, 0) is 16.0 Å². The summed E-state index contributed by atoms with van der Waals surface area (Å²) in [5.41, 5.74) is 1.78. The minimum Gasteiger partial charge on any atom is -0.509 e. The Morgan fingerprint density at radius 2 is 2.08 bits per heavy atom. The summed E-state index contributed by atoms with van der Waals surface area (Å²) in [5.74, 6) is 0.0213. The number of carbonyl (C=O) groups is 1. The molecule has 5 nitrogen and oxygen atoms in total. The molecule has 3 aliphatic carbocycles. The highest BCUT2D eigenvalue weighted by Crippen LogP contribution is 2.60. The van der Waals surface area contributed by atoms with E-state index >= 15 is 0 Å². The third kappa shape index (κ3) is 2.36. The molecule has 1 fully saturated rings. The number of aromatic hydroxyl groups is 1. The molecular weight excluding hydrogens is 320 g/mol. The van der Waals surface area contributed by atoms with E-state index in [0.717, 1.165) is 18.4 Å². The SMILES string of the molecule is CC(=O)O[C@H]1C(O)=CC2C3C(CC[C@@]21C)c1ccc(O)cc1C[C@@H]3O. The molecule has 3 unspecified atom stereocenters. The van der Waals surface area contributed by atoms with Crippen LogP contribution in [0.3, 0.4) is 0 Å². The van der Waals surface area contributed by atoms with E-state index < -0.39 is 23.6 Å². The summed E-state index contributed by atoms with van der Waals surface area (Å²) in [6.45, 7) is 3.40. The van der Waals surface area contributed by atoms with Gasteiger partial charge in [0.25, 0.3) is 0 Å². The third-order valence-corrected chi connectivity index (χ3v) is 6.54. The van der Waals surface area contributed by atoms with Gasteiger partial charge in [-0.3, -0.25) is 4.79 Å². The molecule has 1 aromatic carbocycles. The number of phenolic OH excluding ortho intramolecular Hbond substituents is 1. The van der Waals surface area contributed by atoms with Crippen molar-refractivity contribution in [2.24, 2.45) is 17.3 Å². The predicted octanol–water partition coefficient (Wildman–Crippen LogP) is 2.81. The molecule has 134 valence electrons. The maximum Gasteiger partial charge on any atom is 0.303 e. The summed E-state index contributed by atoms with van der Waals surface area (Å²) in [7, 11) is 0. The van der Waals surface area contributed by atoms with Crippen LogP contribution in [0.5, 0.6) is 5.75 Å². The molecule has 0 radical (unpaired) electrons. The molecule has 0 aromatic heterocycles. The second kappa shape index (κ2) is 5.49. The zero-order valence-corrected chi connectivity index (χ0v) is 14.5. The molecule has 6 atom stereocenters. The summed E-state index contributed by atoms with van der Waals surface area (Å²) in [6, 6.07) is 5.40. The predicted molar refractivity (Wildman–Crippen MR) is 91.1 cm³/mol. The molecule has 3 aliphatic rings. The van der Waals surface area contributed by atoms with Crippen LogP contribution in [0.15, 0.2) is 30.0 Å². The molecular formula is C20H24O5. The van der Waals surface area contributed by atoms with E-state index in [2.05, 4.69) is 0 Å². The van der Waals surface area contributed by atoms with E-state index in [1.807, 2.05) is 13.0 Å². The number of aliphatic hydroxyl groups excluding tert-OH is 2. The minimum atomic E-state index is -0.635. The molecule has 0 aliphatic heterocycles. The van der Waals surface area contributed by atoms with Crippen molar-refractivity contribution in [3.63, 3.8) is 0 Å². The van der Waals surface area contributed by atoms with Crippen LogP contribution in [0.4, 0.5) is 0 Å². The number of benzene rings is 1. The first-order valence-corrected chi connectivity index (χ1v) is 8.89. The lowest BCUT2D eigenvalue weighted by Gasteiger charge is -2.51. The minimum absolute atomic E-state index is 0.0292. The second-order valence-corrected chi connectivity index (χ2v) is 7.99. The highest BCUT2D eigenvalue weighted by atomic mass is 16.6.